The Morgan fingerprint density at radius 3 is 2.48 bits per heavy atom. The van der Waals surface area contributed by atoms with E-state index in [9.17, 15) is 29.7 Å². The van der Waals surface area contributed by atoms with Crippen LogP contribution in [-0.2, 0) is 23.8 Å². The summed E-state index contributed by atoms with van der Waals surface area (Å²) in [6, 6.07) is 8.42. The SMILES string of the molecule is CC[C@H](OC)[C@@H](C)C1C2CC21C(NC(=O)c1ccccc1)C(C)(O)/C=C/C=C(\C)[C@H]1OC(=O)C[C@H](O)CC[C@@](C)(O)[C@@H](OC(C)=O)/C=C/[C@@H]1C. The van der Waals surface area contributed by atoms with E-state index in [4.69, 9.17) is 14.2 Å². The van der Waals surface area contributed by atoms with Gasteiger partial charge in [-0.05, 0) is 88.0 Å². The molecule has 1 aliphatic heterocycles. The van der Waals surface area contributed by atoms with Crippen molar-refractivity contribution >= 4 is 17.8 Å². The van der Waals surface area contributed by atoms with E-state index in [0.717, 1.165) is 12.8 Å². The third kappa shape index (κ3) is 8.94. The molecule has 0 bridgehead atoms. The van der Waals surface area contributed by atoms with Gasteiger partial charge >= 0.3 is 11.9 Å². The number of ether oxygens (including phenoxy) is 3. The van der Waals surface area contributed by atoms with Crippen molar-refractivity contribution in [2.75, 3.05) is 7.11 Å². The van der Waals surface area contributed by atoms with Gasteiger partial charge in [-0.15, -0.1) is 0 Å². The number of cyclic esters (lactones) is 1. The van der Waals surface area contributed by atoms with E-state index in [1.54, 1.807) is 56.5 Å². The van der Waals surface area contributed by atoms with Gasteiger partial charge in [0.1, 0.15) is 23.4 Å². The van der Waals surface area contributed by atoms with Gasteiger partial charge in [0.2, 0.25) is 0 Å². The van der Waals surface area contributed by atoms with Crippen molar-refractivity contribution in [3.63, 3.8) is 0 Å². The first-order chi connectivity index (χ1) is 23.5. The van der Waals surface area contributed by atoms with Gasteiger partial charge < -0.3 is 34.8 Å². The molecule has 2 saturated carbocycles. The Morgan fingerprint density at radius 1 is 1.20 bits per heavy atom. The summed E-state index contributed by atoms with van der Waals surface area (Å²) in [5, 5.41) is 36.9. The summed E-state index contributed by atoms with van der Waals surface area (Å²) in [6.45, 7) is 12.5. The van der Waals surface area contributed by atoms with E-state index in [0.29, 0.717) is 23.0 Å². The highest BCUT2D eigenvalue weighted by Gasteiger charge is 2.84. The summed E-state index contributed by atoms with van der Waals surface area (Å²) in [7, 11) is 1.73. The first-order valence-electron chi connectivity index (χ1n) is 17.9. The Hall–Kier alpha value is -3.31. The molecule has 2 aliphatic carbocycles. The Bertz CT molecular complexity index is 1450. The number of carbonyl (C=O) groups excluding carboxylic acids is 3. The van der Waals surface area contributed by atoms with Crippen molar-refractivity contribution in [2.24, 2.45) is 29.1 Å². The molecule has 0 saturated heterocycles. The van der Waals surface area contributed by atoms with Crippen molar-refractivity contribution in [1.82, 2.24) is 5.32 Å². The molecule has 1 heterocycles. The second-order valence-corrected chi connectivity index (χ2v) is 15.2. The number of benzene rings is 1. The fraction of sp³-hybridized carbons (Fsp3) is 0.625. The largest absolute Gasteiger partial charge is 0.457 e. The van der Waals surface area contributed by atoms with Crippen LogP contribution in [0, 0.1) is 29.1 Å². The number of aliphatic hydroxyl groups excluding tert-OH is 1. The van der Waals surface area contributed by atoms with Gasteiger partial charge in [0, 0.05) is 30.9 Å². The van der Waals surface area contributed by atoms with Crippen molar-refractivity contribution < 1.29 is 43.9 Å². The lowest BCUT2D eigenvalue weighted by Gasteiger charge is -2.37. The van der Waals surface area contributed by atoms with Crippen LogP contribution in [0.5, 0.6) is 0 Å². The molecular formula is C40H57NO9. The van der Waals surface area contributed by atoms with E-state index in [1.807, 2.05) is 32.0 Å². The molecule has 1 amide bonds. The van der Waals surface area contributed by atoms with E-state index in [-0.39, 0.29) is 42.6 Å². The van der Waals surface area contributed by atoms with Crippen LogP contribution in [0.4, 0.5) is 0 Å². The van der Waals surface area contributed by atoms with Crippen LogP contribution in [0.1, 0.15) is 90.9 Å². The lowest BCUT2D eigenvalue weighted by molar-refractivity contribution is -0.157. The topological polar surface area (TPSA) is 152 Å². The molecule has 50 heavy (non-hydrogen) atoms. The van der Waals surface area contributed by atoms with Crippen molar-refractivity contribution in [1.29, 1.82) is 0 Å². The van der Waals surface area contributed by atoms with Gasteiger partial charge in [0.15, 0.2) is 0 Å². The molecule has 4 N–H and O–H groups in total. The van der Waals surface area contributed by atoms with E-state index >= 15 is 0 Å². The number of methoxy groups -OCH3 is 1. The maximum atomic E-state index is 13.5. The normalized spacial score (nSPS) is 35.2. The van der Waals surface area contributed by atoms with E-state index < -0.39 is 53.4 Å². The molecule has 10 heteroatoms. The molecule has 4 rings (SSSR count). The monoisotopic (exact) mass is 695 g/mol. The van der Waals surface area contributed by atoms with Crippen molar-refractivity contribution in [2.45, 2.75) is 122 Å². The number of allylic oxidation sites excluding steroid dienone is 2. The summed E-state index contributed by atoms with van der Waals surface area (Å²) < 4.78 is 17.1. The van der Waals surface area contributed by atoms with Crippen LogP contribution >= 0.6 is 0 Å². The zero-order valence-electron chi connectivity index (χ0n) is 30.8. The van der Waals surface area contributed by atoms with Crippen LogP contribution in [0.25, 0.3) is 0 Å². The minimum absolute atomic E-state index is 0.0856. The third-order valence-electron chi connectivity index (χ3n) is 11.2. The minimum atomic E-state index is -1.47. The number of rotatable bonds is 12. The summed E-state index contributed by atoms with van der Waals surface area (Å²) in [6.07, 6.45) is 7.56. The number of hydrogen-bond donors (Lipinski definition) is 4. The molecule has 5 unspecified atom stereocenters. The maximum Gasteiger partial charge on any atom is 0.309 e. The number of esters is 2. The average Bonchev–Trinajstić information content (AvgIpc) is 3.94. The van der Waals surface area contributed by atoms with Gasteiger partial charge in [-0.3, -0.25) is 14.4 Å². The molecule has 3 aliphatic rings. The third-order valence-corrected chi connectivity index (χ3v) is 11.2. The molecule has 276 valence electrons. The molecule has 10 nitrogen and oxygen atoms in total. The first kappa shape index (κ1) is 39.5. The molecule has 1 aromatic rings. The van der Waals surface area contributed by atoms with Crippen molar-refractivity contribution in [3.8, 4) is 0 Å². The number of carbonyl (C=O) groups is 3. The molecule has 12 atom stereocenters. The average molecular weight is 696 g/mol. The Labute approximate surface area is 297 Å². The number of aliphatic hydroxyl groups is 3. The smallest absolute Gasteiger partial charge is 0.309 e. The number of fused-ring (bicyclic) bond motifs is 1. The summed E-state index contributed by atoms with van der Waals surface area (Å²) in [5.74, 6) is -0.837. The Balaban J connectivity index is 1.61. The molecular weight excluding hydrogens is 638 g/mol. The predicted molar refractivity (Wildman–Crippen MR) is 190 cm³/mol. The van der Waals surface area contributed by atoms with Gasteiger partial charge in [0.25, 0.3) is 5.91 Å². The fourth-order valence-electron chi connectivity index (χ4n) is 8.21. The number of hydrogen-bond acceptors (Lipinski definition) is 9. The predicted octanol–water partition coefficient (Wildman–Crippen LogP) is 5.07. The molecule has 2 fully saturated rings. The fourth-order valence-corrected chi connectivity index (χ4v) is 8.21. The highest BCUT2D eigenvalue weighted by molar-refractivity contribution is 5.94. The zero-order chi connectivity index (χ0) is 37.0. The Morgan fingerprint density at radius 2 is 1.88 bits per heavy atom. The molecule has 0 spiro atoms. The first-order valence-corrected chi connectivity index (χ1v) is 17.9. The minimum Gasteiger partial charge on any atom is -0.457 e. The van der Waals surface area contributed by atoms with Crippen LogP contribution in [0.3, 0.4) is 0 Å². The summed E-state index contributed by atoms with van der Waals surface area (Å²) in [4.78, 5) is 38.2. The van der Waals surface area contributed by atoms with Gasteiger partial charge in [-0.25, -0.2) is 0 Å². The summed E-state index contributed by atoms with van der Waals surface area (Å²) in [5.41, 5.74) is -1.95. The number of amides is 1. The molecule has 0 aromatic heterocycles. The van der Waals surface area contributed by atoms with Crippen LogP contribution in [0.15, 0.2) is 66.3 Å². The standard InChI is InChI=1S/C40H57NO9/c1-9-31(48-8)26(4)34-30-23-40(30,34)37(41-36(45)28-15-11-10-12-16-28)39(7,47)20-13-14-24(2)35-25(3)17-18-32(49-27(5)42)38(6,46)21-19-29(43)22-33(44)50-35/h10-18,20,25-26,29-32,34-35,37,43,46-47H,9,19,21-23H2,1-8H3,(H,41,45)/b18-17+,20-13+,24-14+/t25-,26+,29+,30?,31-,32-,34?,35+,37?,38+,39?,40?/m0/s1. The number of nitrogens with one attached hydrogen (secondary N) is 1. The van der Waals surface area contributed by atoms with Gasteiger partial charge in [-0.2, -0.15) is 0 Å². The molecule has 1 aromatic carbocycles. The zero-order valence-corrected chi connectivity index (χ0v) is 30.8. The Kier molecular flexibility index (Phi) is 12.6. The highest BCUT2D eigenvalue weighted by Crippen LogP contribution is 2.84. The second kappa shape index (κ2) is 15.9. The lowest BCUT2D eigenvalue weighted by atomic mass is 9.79. The van der Waals surface area contributed by atoms with E-state index in [2.05, 4.69) is 19.2 Å². The van der Waals surface area contributed by atoms with Crippen LogP contribution in [0.2, 0.25) is 0 Å². The van der Waals surface area contributed by atoms with Crippen LogP contribution < -0.4 is 5.32 Å². The molecule has 0 radical (unpaired) electrons. The quantitative estimate of drug-likeness (QED) is 0.134. The van der Waals surface area contributed by atoms with Crippen LogP contribution in [-0.4, -0.2) is 81.9 Å². The lowest BCUT2D eigenvalue weighted by Crippen LogP contribution is -2.54. The second-order valence-electron chi connectivity index (χ2n) is 15.2. The van der Waals surface area contributed by atoms with Gasteiger partial charge in [0.05, 0.1) is 24.7 Å². The van der Waals surface area contributed by atoms with Crippen molar-refractivity contribution in [3.05, 3.63) is 71.8 Å². The van der Waals surface area contributed by atoms with Gasteiger partial charge in [-0.1, -0.05) is 63.3 Å². The van der Waals surface area contributed by atoms with E-state index in [1.165, 1.54) is 13.8 Å². The maximum absolute atomic E-state index is 13.5. The highest BCUT2D eigenvalue weighted by atomic mass is 16.6. The summed E-state index contributed by atoms with van der Waals surface area (Å²) >= 11 is 0.